The Balaban J connectivity index is 0.00000256. The Bertz CT molecular complexity index is 912. The molecule has 0 saturated carbocycles. The molecule has 3 N–H and O–H groups in total. The van der Waals surface area contributed by atoms with Gasteiger partial charge in [-0.2, -0.15) is 0 Å². The normalized spacial score (nSPS) is 22.4. The number of methoxy groups -OCH3 is 1. The van der Waals surface area contributed by atoms with E-state index < -0.39 is 5.82 Å². The molecule has 6 nitrogen and oxygen atoms in total. The van der Waals surface area contributed by atoms with Crippen LogP contribution in [0.1, 0.15) is 41.6 Å². The van der Waals surface area contributed by atoms with E-state index in [9.17, 15) is 14.3 Å². The number of carbonyl (C=O) groups is 1. The largest absolute Gasteiger partial charge is 0.493 e. The molecule has 2 aromatic rings. The van der Waals surface area contributed by atoms with E-state index in [-0.39, 0.29) is 54.5 Å². The summed E-state index contributed by atoms with van der Waals surface area (Å²) in [6.07, 6.45) is 2.70. The Morgan fingerprint density at radius 2 is 1.80 bits per heavy atom. The van der Waals surface area contributed by atoms with Gasteiger partial charge in [-0.3, -0.25) is 4.79 Å². The number of aliphatic hydroxyl groups excluding tert-OH is 1. The molecule has 2 heterocycles. The zero-order chi connectivity index (χ0) is 20.5. The molecule has 2 fully saturated rings. The minimum absolute atomic E-state index is 0. The molecule has 2 saturated heterocycles. The van der Waals surface area contributed by atoms with Gasteiger partial charge in [-0.1, -0.05) is 6.07 Å². The van der Waals surface area contributed by atoms with Crippen LogP contribution in [0, 0.1) is 5.82 Å². The summed E-state index contributed by atoms with van der Waals surface area (Å²) in [4.78, 5) is 15.1. The monoisotopic (exact) mass is 436 g/mol. The summed E-state index contributed by atoms with van der Waals surface area (Å²) in [7, 11) is 1.49. The molecule has 8 heteroatoms. The fraction of sp³-hybridized carbons (Fsp3) is 0.409. The number of rotatable bonds is 5. The highest BCUT2D eigenvalue weighted by molar-refractivity contribution is 5.95. The third kappa shape index (κ3) is 4.24. The zero-order valence-electron chi connectivity index (χ0n) is 16.7. The molecule has 0 radical (unpaired) electrons. The number of benzene rings is 2. The molecule has 2 aliphatic rings. The van der Waals surface area contributed by atoms with Crippen LogP contribution in [0.4, 0.5) is 4.39 Å². The molecule has 1 unspecified atom stereocenters. The van der Waals surface area contributed by atoms with Crippen molar-refractivity contribution in [1.82, 2.24) is 4.90 Å². The van der Waals surface area contributed by atoms with Crippen LogP contribution in [0.5, 0.6) is 17.2 Å². The van der Waals surface area contributed by atoms with Gasteiger partial charge in [0.1, 0.15) is 0 Å². The maximum Gasteiger partial charge on any atom is 0.254 e. The minimum atomic E-state index is -0.533. The average Bonchev–Trinajstić information content (AvgIpc) is 2.99. The molecule has 2 bridgehead atoms. The SMILES string of the molecule is COc1ccc(C(=O)N2[C@@H]3CC[C@H]2CC(O)C3)cc1Oc1ccc(CN)cc1F.Cl. The fourth-order valence-electron chi connectivity index (χ4n) is 4.39. The predicted octanol–water partition coefficient (Wildman–Crippen LogP) is 3.64. The van der Waals surface area contributed by atoms with Gasteiger partial charge in [0.05, 0.1) is 13.2 Å². The number of aliphatic hydroxyl groups is 1. The number of amides is 1. The van der Waals surface area contributed by atoms with Gasteiger partial charge in [-0.05, 0) is 61.6 Å². The van der Waals surface area contributed by atoms with Gasteiger partial charge < -0.3 is 25.2 Å². The number of piperidine rings is 1. The first-order valence-corrected chi connectivity index (χ1v) is 9.85. The number of halogens is 2. The van der Waals surface area contributed by atoms with E-state index in [2.05, 4.69) is 0 Å². The predicted molar refractivity (Wildman–Crippen MR) is 113 cm³/mol. The quantitative estimate of drug-likeness (QED) is 0.747. The lowest BCUT2D eigenvalue weighted by Gasteiger charge is -2.37. The Kier molecular flexibility index (Phi) is 6.85. The minimum Gasteiger partial charge on any atom is -0.493 e. The van der Waals surface area contributed by atoms with Crippen molar-refractivity contribution in [3.05, 3.63) is 53.3 Å². The second-order valence-electron chi connectivity index (χ2n) is 7.66. The van der Waals surface area contributed by atoms with E-state index in [1.54, 1.807) is 24.3 Å². The lowest BCUT2D eigenvalue weighted by atomic mass is 9.98. The van der Waals surface area contributed by atoms with Gasteiger partial charge in [0.25, 0.3) is 5.91 Å². The second kappa shape index (κ2) is 9.20. The van der Waals surface area contributed by atoms with E-state index in [4.69, 9.17) is 15.2 Å². The maximum absolute atomic E-state index is 14.3. The van der Waals surface area contributed by atoms with Crippen LogP contribution >= 0.6 is 12.4 Å². The van der Waals surface area contributed by atoms with Gasteiger partial charge >= 0.3 is 0 Å². The molecule has 1 amide bonds. The van der Waals surface area contributed by atoms with Crippen LogP contribution in [-0.2, 0) is 6.54 Å². The average molecular weight is 437 g/mol. The topological polar surface area (TPSA) is 85.0 Å². The molecular weight excluding hydrogens is 411 g/mol. The third-order valence-electron chi connectivity index (χ3n) is 5.81. The Morgan fingerprint density at radius 3 is 2.40 bits per heavy atom. The zero-order valence-corrected chi connectivity index (χ0v) is 17.5. The Morgan fingerprint density at radius 1 is 1.13 bits per heavy atom. The molecule has 0 aromatic heterocycles. The number of ether oxygens (including phenoxy) is 2. The molecule has 3 atom stereocenters. The van der Waals surface area contributed by atoms with Crippen molar-refractivity contribution in [2.45, 2.75) is 50.4 Å². The van der Waals surface area contributed by atoms with Gasteiger partial charge in [0.2, 0.25) is 0 Å². The summed E-state index contributed by atoms with van der Waals surface area (Å²) in [6, 6.07) is 9.57. The maximum atomic E-state index is 14.3. The summed E-state index contributed by atoms with van der Waals surface area (Å²) >= 11 is 0. The number of hydrogen-bond donors (Lipinski definition) is 2. The molecule has 2 aromatic carbocycles. The molecule has 162 valence electrons. The summed E-state index contributed by atoms with van der Waals surface area (Å²) in [5.74, 6) is 0.0694. The van der Waals surface area contributed by atoms with E-state index >= 15 is 0 Å². The number of carbonyl (C=O) groups excluding carboxylic acids is 1. The Labute approximate surface area is 181 Å². The van der Waals surface area contributed by atoms with Crippen LogP contribution in [0.15, 0.2) is 36.4 Å². The van der Waals surface area contributed by atoms with Gasteiger partial charge in [-0.25, -0.2) is 4.39 Å². The van der Waals surface area contributed by atoms with E-state index in [0.29, 0.717) is 29.7 Å². The summed E-state index contributed by atoms with van der Waals surface area (Å²) < 4.78 is 25.4. The number of fused-ring (bicyclic) bond motifs is 2. The van der Waals surface area contributed by atoms with Gasteiger partial charge in [0.15, 0.2) is 23.1 Å². The highest BCUT2D eigenvalue weighted by Gasteiger charge is 2.43. The first kappa shape index (κ1) is 22.3. The van der Waals surface area contributed by atoms with Gasteiger partial charge in [-0.15, -0.1) is 12.4 Å². The van der Waals surface area contributed by atoms with Crippen LogP contribution in [0.2, 0.25) is 0 Å². The molecule has 4 rings (SSSR count). The van der Waals surface area contributed by atoms with Crippen molar-refractivity contribution in [3.63, 3.8) is 0 Å². The van der Waals surface area contributed by atoms with Crippen molar-refractivity contribution >= 4 is 18.3 Å². The van der Waals surface area contributed by atoms with Crippen molar-refractivity contribution in [3.8, 4) is 17.2 Å². The second-order valence-corrected chi connectivity index (χ2v) is 7.66. The smallest absolute Gasteiger partial charge is 0.254 e. The lowest BCUT2D eigenvalue weighted by molar-refractivity contribution is 0.0286. The lowest BCUT2D eigenvalue weighted by Crippen LogP contribution is -2.48. The van der Waals surface area contributed by atoms with E-state index in [0.717, 1.165) is 12.8 Å². The van der Waals surface area contributed by atoms with Crippen LogP contribution in [0.25, 0.3) is 0 Å². The van der Waals surface area contributed by atoms with Crippen molar-refractivity contribution < 1.29 is 23.8 Å². The third-order valence-corrected chi connectivity index (χ3v) is 5.81. The fourth-order valence-corrected chi connectivity index (χ4v) is 4.39. The molecular formula is C22H26ClFN2O4. The standard InChI is InChI=1S/C22H25FN2O4.ClH/c1-28-20-7-3-14(22(27)25-15-4-5-16(25)11-17(26)10-15)9-21(20)29-19-6-2-13(12-24)8-18(19)23;/h2-3,6-9,15-17,26H,4-5,10-12,24H2,1H3;1H/t15-,16+,17?;. The van der Waals surface area contributed by atoms with Crippen molar-refractivity contribution in [2.24, 2.45) is 5.73 Å². The van der Waals surface area contributed by atoms with Crippen LogP contribution in [-0.4, -0.2) is 41.2 Å². The molecule has 30 heavy (non-hydrogen) atoms. The highest BCUT2D eigenvalue weighted by atomic mass is 35.5. The Hall–Kier alpha value is -2.35. The number of nitrogens with zero attached hydrogens (tertiary/aromatic N) is 1. The van der Waals surface area contributed by atoms with Crippen LogP contribution < -0.4 is 15.2 Å². The highest BCUT2D eigenvalue weighted by Crippen LogP contribution is 2.39. The number of hydrogen-bond acceptors (Lipinski definition) is 5. The van der Waals surface area contributed by atoms with E-state index in [1.807, 2.05) is 4.90 Å². The molecule has 0 aliphatic carbocycles. The number of nitrogens with two attached hydrogens (primary N) is 1. The van der Waals surface area contributed by atoms with Crippen molar-refractivity contribution in [2.75, 3.05) is 7.11 Å². The summed E-state index contributed by atoms with van der Waals surface area (Å²) in [5, 5.41) is 9.98. The molecule has 2 aliphatic heterocycles. The molecule has 0 spiro atoms. The van der Waals surface area contributed by atoms with Crippen molar-refractivity contribution in [1.29, 1.82) is 0 Å². The van der Waals surface area contributed by atoms with Gasteiger partial charge in [0, 0.05) is 24.2 Å². The summed E-state index contributed by atoms with van der Waals surface area (Å²) in [6.45, 7) is 0.234. The first-order valence-electron chi connectivity index (χ1n) is 9.85. The first-order chi connectivity index (χ1) is 14.0. The summed E-state index contributed by atoms with van der Waals surface area (Å²) in [5.41, 5.74) is 6.65. The van der Waals surface area contributed by atoms with E-state index in [1.165, 1.54) is 19.2 Å². The van der Waals surface area contributed by atoms with Crippen LogP contribution in [0.3, 0.4) is 0 Å².